The minimum atomic E-state index is -0.569. The van der Waals surface area contributed by atoms with Crippen LogP contribution in [0.4, 0.5) is 0 Å². The Hall–Kier alpha value is -1.64. The smallest absolute Gasteiger partial charge is 0.150 e. The highest BCUT2D eigenvalue weighted by Crippen LogP contribution is 2.55. The first kappa shape index (κ1) is 17.2. The van der Waals surface area contributed by atoms with Crippen molar-refractivity contribution in [2.45, 2.75) is 65.2 Å². The van der Waals surface area contributed by atoms with Crippen molar-refractivity contribution < 1.29 is 14.3 Å². The number of ketones is 2. The third-order valence-electron chi connectivity index (χ3n) is 6.54. The highest BCUT2D eigenvalue weighted by atomic mass is 16.5. The summed E-state index contributed by atoms with van der Waals surface area (Å²) >= 11 is 0. The Morgan fingerprint density at radius 1 is 1.12 bits per heavy atom. The lowest BCUT2D eigenvalue weighted by atomic mass is 9.49. The number of rotatable bonds is 2. The van der Waals surface area contributed by atoms with Crippen LogP contribution in [0, 0.1) is 11.3 Å². The van der Waals surface area contributed by atoms with Crippen molar-refractivity contribution in [1.29, 1.82) is 0 Å². The predicted octanol–water partition coefficient (Wildman–Crippen LogP) is 4.21. The number of ether oxygens (including phenoxy) is 1. The van der Waals surface area contributed by atoms with Gasteiger partial charge in [0.25, 0.3) is 0 Å². The summed E-state index contributed by atoms with van der Waals surface area (Å²) in [7, 11) is 1.70. The second-order valence-electron chi connectivity index (χ2n) is 8.40. The number of hydrogen-bond donors (Lipinski definition) is 0. The first-order valence-corrected chi connectivity index (χ1v) is 8.92. The van der Waals surface area contributed by atoms with Crippen LogP contribution < -0.4 is 4.74 Å². The van der Waals surface area contributed by atoms with E-state index < -0.39 is 10.8 Å². The molecule has 0 amide bonds. The van der Waals surface area contributed by atoms with E-state index in [1.807, 2.05) is 19.9 Å². The van der Waals surface area contributed by atoms with Gasteiger partial charge in [-0.05, 0) is 48.8 Å². The molecule has 0 saturated heterocycles. The van der Waals surface area contributed by atoms with Gasteiger partial charge in [0, 0.05) is 11.0 Å². The quantitative estimate of drug-likeness (QED) is 0.764. The lowest BCUT2D eigenvalue weighted by Gasteiger charge is -2.52. The SMILES string of the molecule is COc1ccc2c(c1C(C)C)CCC1C(C)(C)C(=O)CC(=O)C21C. The topological polar surface area (TPSA) is 43.4 Å². The molecule has 1 saturated carbocycles. The third-order valence-corrected chi connectivity index (χ3v) is 6.54. The van der Waals surface area contributed by atoms with E-state index >= 15 is 0 Å². The molecule has 1 aromatic carbocycles. The molecule has 3 rings (SSSR count). The molecule has 3 nitrogen and oxygen atoms in total. The van der Waals surface area contributed by atoms with E-state index in [0.29, 0.717) is 5.92 Å². The maximum Gasteiger partial charge on any atom is 0.150 e. The summed E-state index contributed by atoms with van der Waals surface area (Å²) in [5, 5.41) is 0. The van der Waals surface area contributed by atoms with Gasteiger partial charge in [-0.3, -0.25) is 9.59 Å². The molecule has 24 heavy (non-hydrogen) atoms. The molecule has 130 valence electrons. The minimum Gasteiger partial charge on any atom is -0.496 e. The molecule has 1 aromatic rings. The van der Waals surface area contributed by atoms with Gasteiger partial charge in [0.05, 0.1) is 18.9 Å². The average molecular weight is 328 g/mol. The van der Waals surface area contributed by atoms with Crippen LogP contribution in [0.25, 0.3) is 0 Å². The average Bonchev–Trinajstić information content (AvgIpc) is 2.52. The van der Waals surface area contributed by atoms with Gasteiger partial charge >= 0.3 is 0 Å². The molecule has 1 fully saturated rings. The Labute approximate surface area is 144 Å². The number of fused-ring (bicyclic) bond motifs is 3. The molecule has 2 unspecified atom stereocenters. The summed E-state index contributed by atoms with van der Waals surface area (Å²) in [6.45, 7) is 10.4. The van der Waals surface area contributed by atoms with E-state index in [9.17, 15) is 9.59 Å². The van der Waals surface area contributed by atoms with Crippen LogP contribution >= 0.6 is 0 Å². The van der Waals surface area contributed by atoms with E-state index in [2.05, 4.69) is 26.8 Å². The monoisotopic (exact) mass is 328 g/mol. The molecule has 2 atom stereocenters. The van der Waals surface area contributed by atoms with Gasteiger partial charge in [0.15, 0.2) is 5.78 Å². The maximum absolute atomic E-state index is 13.0. The van der Waals surface area contributed by atoms with Crippen molar-refractivity contribution in [3.8, 4) is 5.75 Å². The molecule has 2 aliphatic rings. The van der Waals surface area contributed by atoms with E-state index in [0.717, 1.165) is 24.2 Å². The Bertz CT molecular complexity index is 714. The van der Waals surface area contributed by atoms with E-state index in [1.165, 1.54) is 11.1 Å². The molecule has 0 aliphatic heterocycles. The predicted molar refractivity (Wildman–Crippen MR) is 94.7 cm³/mol. The van der Waals surface area contributed by atoms with E-state index in [4.69, 9.17) is 4.74 Å². The van der Waals surface area contributed by atoms with Crippen LogP contribution in [0.15, 0.2) is 12.1 Å². The molecule has 0 N–H and O–H groups in total. The van der Waals surface area contributed by atoms with Crippen LogP contribution in [0.3, 0.4) is 0 Å². The minimum absolute atomic E-state index is 0.0580. The fourth-order valence-corrected chi connectivity index (χ4v) is 5.15. The number of Topliss-reactive ketones (excluding diaryl/α,β-unsaturated/α-hetero) is 2. The summed E-state index contributed by atoms with van der Waals surface area (Å²) in [6, 6.07) is 4.06. The molecular formula is C21H28O3. The van der Waals surface area contributed by atoms with Gasteiger partial charge in [-0.25, -0.2) is 0 Å². The first-order chi connectivity index (χ1) is 11.2. The summed E-state index contributed by atoms with van der Waals surface area (Å²) in [5.74, 6) is 1.49. The number of methoxy groups -OCH3 is 1. The lowest BCUT2D eigenvalue weighted by Crippen LogP contribution is -2.57. The van der Waals surface area contributed by atoms with Crippen LogP contribution in [0.2, 0.25) is 0 Å². The molecule has 0 heterocycles. The number of carbonyl (C=O) groups is 2. The van der Waals surface area contributed by atoms with Crippen molar-refractivity contribution in [1.82, 2.24) is 0 Å². The second-order valence-corrected chi connectivity index (χ2v) is 8.40. The lowest BCUT2D eigenvalue weighted by molar-refractivity contribution is -0.147. The molecule has 0 aromatic heterocycles. The molecule has 0 bridgehead atoms. The summed E-state index contributed by atoms with van der Waals surface area (Å²) in [6.07, 6.45) is 1.84. The fraction of sp³-hybridized carbons (Fsp3) is 0.619. The van der Waals surface area contributed by atoms with Gasteiger partial charge in [-0.1, -0.05) is 33.8 Å². The van der Waals surface area contributed by atoms with E-state index in [1.54, 1.807) is 7.11 Å². The van der Waals surface area contributed by atoms with Crippen LogP contribution in [-0.2, 0) is 21.4 Å². The molecular weight excluding hydrogens is 300 g/mol. The third kappa shape index (κ3) is 2.09. The van der Waals surface area contributed by atoms with Gasteiger partial charge in [-0.15, -0.1) is 0 Å². The Balaban J connectivity index is 2.26. The van der Waals surface area contributed by atoms with Gasteiger partial charge in [0.1, 0.15) is 11.5 Å². The zero-order valence-corrected chi connectivity index (χ0v) is 15.7. The van der Waals surface area contributed by atoms with Crippen LogP contribution in [0.5, 0.6) is 5.75 Å². The Kier molecular flexibility index (Phi) is 3.89. The largest absolute Gasteiger partial charge is 0.496 e. The molecule has 3 heteroatoms. The van der Waals surface area contributed by atoms with Crippen molar-refractivity contribution in [3.05, 3.63) is 28.8 Å². The van der Waals surface area contributed by atoms with Crippen molar-refractivity contribution in [3.63, 3.8) is 0 Å². The Morgan fingerprint density at radius 3 is 2.38 bits per heavy atom. The normalized spacial score (nSPS) is 28.5. The van der Waals surface area contributed by atoms with Gasteiger partial charge in [0.2, 0.25) is 0 Å². The van der Waals surface area contributed by atoms with Crippen LogP contribution in [0.1, 0.15) is 70.1 Å². The highest BCUT2D eigenvalue weighted by molar-refractivity contribution is 6.09. The second kappa shape index (κ2) is 5.44. The fourth-order valence-electron chi connectivity index (χ4n) is 5.15. The molecule has 2 aliphatic carbocycles. The summed E-state index contributed by atoms with van der Waals surface area (Å²) in [5.41, 5.74) is 2.59. The number of benzene rings is 1. The van der Waals surface area contributed by atoms with Gasteiger partial charge in [-0.2, -0.15) is 0 Å². The number of hydrogen-bond acceptors (Lipinski definition) is 3. The maximum atomic E-state index is 13.0. The zero-order valence-electron chi connectivity index (χ0n) is 15.7. The van der Waals surface area contributed by atoms with Crippen molar-refractivity contribution in [2.75, 3.05) is 7.11 Å². The zero-order chi connectivity index (χ0) is 17.9. The van der Waals surface area contributed by atoms with Gasteiger partial charge < -0.3 is 4.74 Å². The highest BCUT2D eigenvalue weighted by Gasteiger charge is 2.58. The first-order valence-electron chi connectivity index (χ1n) is 8.92. The standard InChI is InChI=1S/C21H28O3/c1-12(2)19-13-7-10-16-20(3,4)17(22)11-18(23)21(16,5)14(13)8-9-15(19)24-6/h8-9,12,16H,7,10-11H2,1-6H3. The molecule has 0 radical (unpaired) electrons. The summed E-state index contributed by atoms with van der Waals surface area (Å²) < 4.78 is 5.59. The van der Waals surface area contributed by atoms with Crippen molar-refractivity contribution >= 4 is 11.6 Å². The van der Waals surface area contributed by atoms with Crippen molar-refractivity contribution in [2.24, 2.45) is 11.3 Å². The molecule has 0 spiro atoms. The van der Waals surface area contributed by atoms with E-state index in [-0.39, 0.29) is 23.9 Å². The number of carbonyl (C=O) groups excluding carboxylic acids is 2. The summed E-state index contributed by atoms with van der Waals surface area (Å²) in [4.78, 5) is 25.5. The Morgan fingerprint density at radius 2 is 1.79 bits per heavy atom. The van der Waals surface area contributed by atoms with Crippen LogP contribution in [-0.4, -0.2) is 18.7 Å².